The molecule has 4 saturated carbocycles. The summed E-state index contributed by atoms with van der Waals surface area (Å²) in [7, 11) is 0. The van der Waals surface area contributed by atoms with Crippen molar-refractivity contribution >= 4 is 0 Å². The number of hydrogen-bond acceptors (Lipinski definition) is 2. The van der Waals surface area contributed by atoms with Crippen LogP contribution in [0.4, 0.5) is 0 Å². The maximum Gasteiger partial charge on any atom is 0.0596 e. The highest BCUT2D eigenvalue weighted by atomic mass is 16.3. The van der Waals surface area contributed by atoms with Gasteiger partial charge in [0.25, 0.3) is 0 Å². The molecule has 4 aliphatic rings. The topological polar surface area (TPSA) is 40.5 Å². The van der Waals surface area contributed by atoms with Gasteiger partial charge in [0, 0.05) is 0 Å². The molecule has 21 heavy (non-hydrogen) atoms. The van der Waals surface area contributed by atoms with Gasteiger partial charge in [-0.25, -0.2) is 0 Å². The zero-order valence-electron chi connectivity index (χ0n) is 13.7. The Kier molecular flexibility index (Phi) is 3.25. The van der Waals surface area contributed by atoms with Crippen LogP contribution in [-0.2, 0) is 0 Å². The summed E-state index contributed by atoms with van der Waals surface area (Å²) < 4.78 is 0. The van der Waals surface area contributed by atoms with Crippen molar-refractivity contribution in [3.8, 4) is 0 Å². The zero-order chi connectivity index (χ0) is 14.8. The number of fused-ring (bicyclic) bond motifs is 5. The SMILES string of the molecule is CC12CC[C@H](O)C[C@@H]1CCC1C2CCC2(C)C1CC[C@@H]2O. The Morgan fingerprint density at radius 1 is 0.762 bits per heavy atom. The highest BCUT2D eigenvalue weighted by molar-refractivity contribution is 5.09. The van der Waals surface area contributed by atoms with Gasteiger partial charge in [-0.1, -0.05) is 13.8 Å². The number of aliphatic hydroxyl groups excluding tert-OH is 2. The first-order valence-corrected chi connectivity index (χ1v) is 9.31. The van der Waals surface area contributed by atoms with Crippen LogP contribution in [0.5, 0.6) is 0 Å². The summed E-state index contributed by atoms with van der Waals surface area (Å²) in [6.45, 7) is 4.90. The van der Waals surface area contributed by atoms with Gasteiger partial charge in [0.05, 0.1) is 12.2 Å². The van der Waals surface area contributed by atoms with Crippen LogP contribution in [-0.4, -0.2) is 22.4 Å². The van der Waals surface area contributed by atoms with E-state index >= 15 is 0 Å². The number of rotatable bonds is 0. The van der Waals surface area contributed by atoms with E-state index in [9.17, 15) is 10.2 Å². The van der Waals surface area contributed by atoms with Gasteiger partial charge in [0.2, 0.25) is 0 Å². The van der Waals surface area contributed by atoms with E-state index < -0.39 is 0 Å². The third-order valence-electron chi connectivity index (χ3n) is 8.59. The summed E-state index contributed by atoms with van der Waals surface area (Å²) >= 11 is 0. The molecule has 0 aromatic rings. The van der Waals surface area contributed by atoms with E-state index in [1.807, 2.05) is 0 Å². The minimum absolute atomic E-state index is 0.0400. The summed E-state index contributed by atoms with van der Waals surface area (Å²) in [5.41, 5.74) is 0.676. The predicted molar refractivity (Wildman–Crippen MR) is 83.7 cm³/mol. The normalized spacial score (nSPS) is 60.0. The first kappa shape index (κ1) is 14.5. The first-order chi connectivity index (χ1) is 9.95. The van der Waals surface area contributed by atoms with Gasteiger partial charge in [0.1, 0.15) is 0 Å². The van der Waals surface area contributed by atoms with Crippen molar-refractivity contribution in [3.63, 3.8) is 0 Å². The van der Waals surface area contributed by atoms with E-state index in [1.165, 1.54) is 38.5 Å². The van der Waals surface area contributed by atoms with Crippen molar-refractivity contribution < 1.29 is 10.2 Å². The summed E-state index contributed by atoms with van der Waals surface area (Å²) in [5, 5.41) is 20.5. The molecule has 0 aromatic heterocycles. The molecule has 0 aromatic carbocycles. The van der Waals surface area contributed by atoms with Crippen LogP contribution in [0.15, 0.2) is 0 Å². The van der Waals surface area contributed by atoms with E-state index in [2.05, 4.69) is 13.8 Å². The maximum absolute atomic E-state index is 10.5. The van der Waals surface area contributed by atoms with Crippen molar-refractivity contribution in [1.82, 2.24) is 0 Å². The highest BCUT2D eigenvalue weighted by Crippen LogP contribution is 2.66. The summed E-state index contributed by atoms with van der Waals surface area (Å²) in [5.74, 6) is 3.21. The fourth-order valence-electron chi connectivity index (χ4n) is 7.21. The van der Waals surface area contributed by atoms with E-state index in [4.69, 9.17) is 0 Å². The average Bonchev–Trinajstić information content (AvgIpc) is 2.76. The Hall–Kier alpha value is -0.0800. The monoisotopic (exact) mass is 292 g/mol. The molecule has 0 saturated heterocycles. The van der Waals surface area contributed by atoms with Crippen molar-refractivity contribution in [2.45, 2.75) is 83.8 Å². The molecule has 5 unspecified atom stereocenters. The summed E-state index contributed by atoms with van der Waals surface area (Å²) in [4.78, 5) is 0. The van der Waals surface area contributed by atoms with Gasteiger partial charge in [-0.15, -0.1) is 0 Å². The Balaban J connectivity index is 1.62. The molecular formula is C19H32O2. The molecule has 4 aliphatic carbocycles. The van der Waals surface area contributed by atoms with Crippen molar-refractivity contribution in [3.05, 3.63) is 0 Å². The van der Waals surface area contributed by atoms with E-state index in [0.717, 1.165) is 42.9 Å². The van der Waals surface area contributed by atoms with Crippen molar-refractivity contribution in [1.29, 1.82) is 0 Å². The standard InChI is InChI=1S/C19H32O2/c1-18-9-7-13(20)11-12(18)3-4-14-15-5-6-17(21)19(15,2)10-8-16(14)18/h12-17,20-21H,3-11H2,1-2H3/t12-,13-,14?,15?,16?,17-,18?,19?/m0/s1. The molecule has 0 radical (unpaired) electrons. The molecule has 0 bridgehead atoms. The van der Waals surface area contributed by atoms with E-state index in [1.54, 1.807) is 0 Å². The maximum atomic E-state index is 10.5. The molecule has 2 nitrogen and oxygen atoms in total. The van der Waals surface area contributed by atoms with Gasteiger partial charge in [-0.2, -0.15) is 0 Å². The van der Waals surface area contributed by atoms with Crippen LogP contribution in [0.3, 0.4) is 0 Å². The van der Waals surface area contributed by atoms with Gasteiger partial charge in [0.15, 0.2) is 0 Å². The Bertz CT molecular complexity index is 422. The third kappa shape index (κ3) is 1.91. The lowest BCUT2D eigenvalue weighted by Gasteiger charge is -2.60. The lowest BCUT2D eigenvalue weighted by Crippen LogP contribution is -2.54. The van der Waals surface area contributed by atoms with Gasteiger partial charge in [-0.05, 0) is 92.3 Å². The number of hydrogen-bond donors (Lipinski definition) is 2. The molecule has 0 heterocycles. The summed E-state index contributed by atoms with van der Waals surface area (Å²) in [6.07, 6.45) is 10.7. The van der Waals surface area contributed by atoms with Crippen LogP contribution >= 0.6 is 0 Å². The molecule has 120 valence electrons. The van der Waals surface area contributed by atoms with Gasteiger partial charge in [-0.3, -0.25) is 0 Å². The lowest BCUT2D eigenvalue weighted by molar-refractivity contribution is -0.133. The molecule has 2 heteroatoms. The Morgan fingerprint density at radius 3 is 2.29 bits per heavy atom. The van der Waals surface area contributed by atoms with E-state index in [-0.39, 0.29) is 17.6 Å². The molecule has 0 amide bonds. The Morgan fingerprint density at radius 2 is 1.48 bits per heavy atom. The molecule has 0 spiro atoms. The van der Waals surface area contributed by atoms with Crippen LogP contribution < -0.4 is 0 Å². The summed E-state index contributed by atoms with van der Waals surface area (Å²) in [6, 6.07) is 0. The molecule has 2 N–H and O–H groups in total. The minimum atomic E-state index is -0.0536. The third-order valence-corrected chi connectivity index (χ3v) is 8.59. The van der Waals surface area contributed by atoms with E-state index in [0.29, 0.717) is 5.41 Å². The average molecular weight is 292 g/mol. The lowest BCUT2D eigenvalue weighted by atomic mass is 9.45. The van der Waals surface area contributed by atoms with Crippen LogP contribution in [0.2, 0.25) is 0 Å². The second-order valence-electron chi connectivity index (χ2n) is 9.22. The van der Waals surface area contributed by atoms with Crippen molar-refractivity contribution in [2.24, 2.45) is 34.5 Å². The fourth-order valence-corrected chi connectivity index (χ4v) is 7.21. The quantitative estimate of drug-likeness (QED) is 0.714. The van der Waals surface area contributed by atoms with Gasteiger partial charge >= 0.3 is 0 Å². The van der Waals surface area contributed by atoms with Crippen LogP contribution in [0.25, 0.3) is 0 Å². The Labute approximate surface area is 129 Å². The molecule has 4 fully saturated rings. The smallest absolute Gasteiger partial charge is 0.0596 e. The van der Waals surface area contributed by atoms with Crippen molar-refractivity contribution in [2.75, 3.05) is 0 Å². The zero-order valence-corrected chi connectivity index (χ0v) is 13.7. The van der Waals surface area contributed by atoms with Gasteiger partial charge < -0.3 is 10.2 Å². The molecule has 8 atom stereocenters. The fraction of sp³-hybridized carbons (Fsp3) is 1.00. The van der Waals surface area contributed by atoms with Crippen LogP contribution in [0, 0.1) is 34.5 Å². The van der Waals surface area contributed by atoms with Crippen LogP contribution in [0.1, 0.15) is 71.6 Å². The second kappa shape index (κ2) is 4.71. The molecule has 0 aliphatic heterocycles. The predicted octanol–water partition coefficient (Wildman–Crippen LogP) is 3.75. The first-order valence-electron chi connectivity index (χ1n) is 9.31. The number of aliphatic hydroxyl groups is 2. The largest absolute Gasteiger partial charge is 0.393 e. The molecule has 4 rings (SSSR count). The highest BCUT2D eigenvalue weighted by Gasteiger charge is 2.59. The second-order valence-corrected chi connectivity index (χ2v) is 9.22. The molecular weight excluding hydrogens is 260 g/mol. The minimum Gasteiger partial charge on any atom is -0.393 e.